The maximum atomic E-state index is 10.5. The molecule has 0 aliphatic heterocycles. The summed E-state index contributed by atoms with van der Waals surface area (Å²) in [4.78, 5) is 10.5. The van der Waals surface area contributed by atoms with E-state index in [9.17, 15) is 4.79 Å². The lowest BCUT2D eigenvalue weighted by atomic mass is 10.1. The lowest BCUT2D eigenvalue weighted by Crippen LogP contribution is -2.25. The van der Waals surface area contributed by atoms with E-state index in [1.165, 1.54) is 11.1 Å². The van der Waals surface area contributed by atoms with Gasteiger partial charge in [0.15, 0.2) is 0 Å². The second-order valence-electron chi connectivity index (χ2n) is 3.61. The molecule has 16 heavy (non-hydrogen) atoms. The highest BCUT2D eigenvalue weighted by atomic mass is 16.2. The van der Waals surface area contributed by atoms with E-state index in [4.69, 9.17) is 5.73 Å². The Labute approximate surface area is 93.8 Å². The minimum atomic E-state index is -0.630. The summed E-state index contributed by atoms with van der Waals surface area (Å²) in [5.41, 5.74) is 10.5. The van der Waals surface area contributed by atoms with Gasteiger partial charge >= 0.3 is 6.03 Å². The molecule has 3 N–H and O–H groups in total. The van der Waals surface area contributed by atoms with Crippen LogP contribution in [0.15, 0.2) is 41.5 Å². The van der Waals surface area contributed by atoms with Gasteiger partial charge in [0, 0.05) is 0 Å². The van der Waals surface area contributed by atoms with Crippen LogP contribution < -0.4 is 11.2 Å². The van der Waals surface area contributed by atoms with Gasteiger partial charge in [-0.25, -0.2) is 10.2 Å². The second kappa shape index (κ2) is 4.61. The molecule has 4 nitrogen and oxygen atoms in total. The molecule has 1 aliphatic rings. The van der Waals surface area contributed by atoms with Gasteiger partial charge in [0.25, 0.3) is 0 Å². The topological polar surface area (TPSA) is 67.5 Å². The number of nitrogens with one attached hydrogen (secondary N) is 1. The van der Waals surface area contributed by atoms with Crippen LogP contribution in [0.25, 0.3) is 5.57 Å². The molecule has 0 unspecified atom stereocenters. The number of hydrogen-bond acceptors (Lipinski definition) is 2. The van der Waals surface area contributed by atoms with Crippen molar-refractivity contribution in [1.82, 2.24) is 5.43 Å². The normalized spacial score (nSPS) is 17.2. The van der Waals surface area contributed by atoms with Crippen LogP contribution in [-0.4, -0.2) is 11.7 Å². The van der Waals surface area contributed by atoms with Crippen molar-refractivity contribution in [1.29, 1.82) is 0 Å². The van der Waals surface area contributed by atoms with Gasteiger partial charge in [0.1, 0.15) is 0 Å². The molecule has 1 aliphatic carbocycles. The first kappa shape index (κ1) is 10.4. The Morgan fingerprint density at radius 2 is 2.00 bits per heavy atom. The minimum absolute atomic E-state index is 0.630. The quantitative estimate of drug-likeness (QED) is 0.727. The van der Waals surface area contributed by atoms with Gasteiger partial charge in [-0.1, -0.05) is 30.3 Å². The fraction of sp³-hybridized carbons (Fsp3) is 0.167. The Morgan fingerprint density at radius 1 is 1.25 bits per heavy atom. The van der Waals surface area contributed by atoms with E-state index in [0.29, 0.717) is 0 Å². The van der Waals surface area contributed by atoms with Crippen molar-refractivity contribution >= 4 is 17.3 Å². The summed E-state index contributed by atoms with van der Waals surface area (Å²) in [5, 5.41) is 3.91. The number of hydrogen-bond donors (Lipinski definition) is 2. The Kier molecular flexibility index (Phi) is 3.00. The van der Waals surface area contributed by atoms with Gasteiger partial charge in [-0.2, -0.15) is 5.10 Å². The minimum Gasteiger partial charge on any atom is -0.350 e. The molecular weight excluding hydrogens is 202 g/mol. The zero-order valence-corrected chi connectivity index (χ0v) is 8.81. The van der Waals surface area contributed by atoms with Crippen LogP contribution in [0.5, 0.6) is 0 Å². The van der Waals surface area contributed by atoms with E-state index >= 15 is 0 Å². The smallest absolute Gasteiger partial charge is 0.332 e. The molecule has 4 heteroatoms. The number of primary amides is 1. The first-order chi connectivity index (χ1) is 7.75. The molecular formula is C12H13N3O. The number of amides is 2. The van der Waals surface area contributed by atoms with Crippen molar-refractivity contribution in [3.8, 4) is 0 Å². The van der Waals surface area contributed by atoms with Crippen LogP contribution in [0.1, 0.15) is 18.4 Å². The third-order valence-electron chi connectivity index (χ3n) is 2.45. The summed E-state index contributed by atoms with van der Waals surface area (Å²) >= 11 is 0. The second-order valence-corrected chi connectivity index (χ2v) is 3.61. The predicted molar refractivity (Wildman–Crippen MR) is 63.8 cm³/mol. The van der Waals surface area contributed by atoms with Crippen LogP contribution in [0.2, 0.25) is 0 Å². The summed E-state index contributed by atoms with van der Waals surface area (Å²) in [5.74, 6) is 0. The lowest BCUT2D eigenvalue weighted by Gasteiger charge is -1.98. The van der Waals surface area contributed by atoms with E-state index in [2.05, 4.69) is 22.7 Å². The fourth-order valence-electron chi connectivity index (χ4n) is 1.70. The van der Waals surface area contributed by atoms with Gasteiger partial charge in [0.05, 0.1) is 5.71 Å². The summed E-state index contributed by atoms with van der Waals surface area (Å²) in [6.07, 6.45) is 3.78. The summed E-state index contributed by atoms with van der Waals surface area (Å²) in [7, 11) is 0. The maximum Gasteiger partial charge on any atom is 0.332 e. The Balaban J connectivity index is 2.12. The molecule has 1 aromatic rings. The molecule has 0 aromatic heterocycles. The van der Waals surface area contributed by atoms with Crippen molar-refractivity contribution in [2.24, 2.45) is 10.8 Å². The average Bonchev–Trinajstić information content (AvgIpc) is 2.76. The van der Waals surface area contributed by atoms with Crippen LogP contribution in [-0.2, 0) is 0 Å². The number of allylic oxidation sites excluding steroid dienone is 2. The molecule has 0 atom stereocenters. The maximum absolute atomic E-state index is 10.5. The summed E-state index contributed by atoms with van der Waals surface area (Å²) in [6.45, 7) is 0. The highest BCUT2D eigenvalue weighted by Crippen LogP contribution is 2.25. The Morgan fingerprint density at radius 3 is 2.69 bits per heavy atom. The number of carbonyl (C=O) groups excluding carboxylic acids is 1. The average molecular weight is 215 g/mol. The SMILES string of the molecule is NC(=O)NN=C1C=C(c2ccccc2)CC1. The monoisotopic (exact) mass is 215 g/mol. The molecule has 0 heterocycles. The van der Waals surface area contributed by atoms with Crippen LogP contribution in [0.4, 0.5) is 4.79 Å². The van der Waals surface area contributed by atoms with Crippen LogP contribution in [0.3, 0.4) is 0 Å². The molecule has 0 spiro atoms. The molecule has 0 saturated carbocycles. The van der Waals surface area contributed by atoms with Gasteiger partial charge in [-0.05, 0) is 30.1 Å². The number of nitrogens with two attached hydrogens (primary N) is 1. The molecule has 0 radical (unpaired) electrons. The molecule has 82 valence electrons. The van der Waals surface area contributed by atoms with Crippen LogP contribution in [0, 0.1) is 0 Å². The molecule has 0 fully saturated rings. The summed E-state index contributed by atoms with van der Waals surface area (Å²) in [6, 6.07) is 9.50. The molecule has 1 aromatic carbocycles. The summed E-state index contributed by atoms with van der Waals surface area (Å²) < 4.78 is 0. The van der Waals surface area contributed by atoms with Gasteiger partial charge in [-0.3, -0.25) is 0 Å². The Hall–Kier alpha value is -2.10. The van der Waals surface area contributed by atoms with Crippen molar-refractivity contribution in [3.05, 3.63) is 42.0 Å². The van der Waals surface area contributed by atoms with E-state index in [1.807, 2.05) is 24.3 Å². The van der Waals surface area contributed by atoms with Crippen molar-refractivity contribution < 1.29 is 4.79 Å². The number of hydrazone groups is 1. The zero-order chi connectivity index (χ0) is 11.4. The number of rotatable bonds is 2. The fourth-order valence-corrected chi connectivity index (χ4v) is 1.70. The highest BCUT2D eigenvalue weighted by molar-refractivity contribution is 6.05. The third kappa shape index (κ3) is 2.48. The van der Waals surface area contributed by atoms with E-state index in [1.54, 1.807) is 0 Å². The predicted octanol–water partition coefficient (Wildman–Crippen LogP) is 1.89. The number of benzene rings is 1. The molecule has 0 saturated heterocycles. The van der Waals surface area contributed by atoms with E-state index in [-0.39, 0.29) is 0 Å². The number of urea groups is 1. The molecule has 2 rings (SSSR count). The molecule has 0 bridgehead atoms. The first-order valence-electron chi connectivity index (χ1n) is 5.14. The largest absolute Gasteiger partial charge is 0.350 e. The van der Waals surface area contributed by atoms with Gasteiger partial charge in [0.2, 0.25) is 0 Å². The van der Waals surface area contributed by atoms with Crippen molar-refractivity contribution in [3.63, 3.8) is 0 Å². The van der Waals surface area contributed by atoms with Gasteiger partial charge in [-0.15, -0.1) is 0 Å². The highest BCUT2D eigenvalue weighted by Gasteiger charge is 2.12. The van der Waals surface area contributed by atoms with Crippen LogP contribution >= 0.6 is 0 Å². The van der Waals surface area contributed by atoms with E-state index < -0.39 is 6.03 Å². The Bertz CT molecular complexity index is 449. The first-order valence-corrected chi connectivity index (χ1v) is 5.14. The van der Waals surface area contributed by atoms with Crippen molar-refractivity contribution in [2.75, 3.05) is 0 Å². The van der Waals surface area contributed by atoms with Gasteiger partial charge < -0.3 is 5.73 Å². The van der Waals surface area contributed by atoms with Crippen molar-refractivity contribution in [2.45, 2.75) is 12.8 Å². The molecule has 2 amide bonds. The number of nitrogens with zero attached hydrogens (tertiary/aromatic N) is 1. The third-order valence-corrected chi connectivity index (χ3v) is 2.45. The number of carbonyl (C=O) groups is 1. The standard InChI is InChI=1S/C12H13N3O/c13-12(16)15-14-11-7-6-10(8-11)9-4-2-1-3-5-9/h1-5,8H,6-7H2,(H3,13,15,16). The lowest BCUT2D eigenvalue weighted by molar-refractivity contribution is 0.249. The van der Waals surface area contributed by atoms with E-state index in [0.717, 1.165) is 18.6 Å². The zero-order valence-electron chi connectivity index (χ0n) is 8.81.